The molecule has 3 aromatic rings. The molecule has 0 saturated carbocycles. The second kappa shape index (κ2) is 9.36. The Kier molecular flexibility index (Phi) is 6.89. The van der Waals surface area contributed by atoms with E-state index < -0.39 is 0 Å². The van der Waals surface area contributed by atoms with Crippen molar-refractivity contribution in [1.29, 1.82) is 0 Å². The van der Waals surface area contributed by atoms with E-state index in [0.29, 0.717) is 33.7 Å². The van der Waals surface area contributed by atoms with Crippen LogP contribution in [0.5, 0.6) is 5.75 Å². The van der Waals surface area contributed by atoms with E-state index in [1.54, 1.807) is 18.9 Å². The molecule has 0 bridgehead atoms. The Morgan fingerprint density at radius 1 is 1.04 bits per heavy atom. The second-order valence-electron chi connectivity index (χ2n) is 5.91. The maximum absolute atomic E-state index is 12.6. The maximum Gasteiger partial charge on any atom is 0.255 e. The van der Waals surface area contributed by atoms with Crippen molar-refractivity contribution in [2.45, 2.75) is 5.75 Å². The molecule has 27 heavy (non-hydrogen) atoms. The number of halogens is 2. The highest BCUT2D eigenvalue weighted by Gasteiger charge is 2.13. The van der Waals surface area contributed by atoms with Crippen molar-refractivity contribution in [2.75, 3.05) is 19.4 Å². The van der Waals surface area contributed by atoms with Gasteiger partial charge in [0.25, 0.3) is 5.91 Å². The quantitative estimate of drug-likeness (QED) is 0.490. The van der Waals surface area contributed by atoms with Crippen molar-refractivity contribution in [3.05, 3.63) is 75.8 Å². The molecule has 0 aromatic heterocycles. The molecule has 0 unspecified atom stereocenters. The number of hydrogen-bond donors (Lipinski definition) is 1. The van der Waals surface area contributed by atoms with Crippen LogP contribution in [0.3, 0.4) is 0 Å². The van der Waals surface area contributed by atoms with Gasteiger partial charge in [0.1, 0.15) is 5.75 Å². The first-order chi connectivity index (χ1) is 13.1. The van der Waals surface area contributed by atoms with Gasteiger partial charge in [0.2, 0.25) is 0 Å². The minimum absolute atomic E-state index is 0.144. The molecule has 0 aliphatic rings. The number of ether oxygens (including phenoxy) is 1. The summed E-state index contributed by atoms with van der Waals surface area (Å²) < 4.78 is 5.39. The zero-order valence-corrected chi connectivity index (χ0v) is 17.1. The van der Waals surface area contributed by atoms with Gasteiger partial charge in [0, 0.05) is 28.1 Å². The maximum atomic E-state index is 12.6. The summed E-state index contributed by atoms with van der Waals surface area (Å²) >= 11 is 14.0. The minimum atomic E-state index is -0.144. The van der Waals surface area contributed by atoms with Gasteiger partial charge in [-0.2, -0.15) is 11.8 Å². The van der Waals surface area contributed by atoms with E-state index in [0.717, 1.165) is 22.1 Å². The van der Waals surface area contributed by atoms with E-state index in [1.807, 2.05) is 54.6 Å². The van der Waals surface area contributed by atoms with E-state index >= 15 is 0 Å². The lowest BCUT2D eigenvalue weighted by atomic mass is 10.1. The van der Waals surface area contributed by atoms with Crippen molar-refractivity contribution in [3.63, 3.8) is 0 Å². The highest BCUT2D eigenvalue weighted by Crippen LogP contribution is 2.28. The summed E-state index contributed by atoms with van der Waals surface area (Å²) in [5, 5.41) is 6.33. The zero-order valence-electron chi connectivity index (χ0n) is 14.8. The summed E-state index contributed by atoms with van der Waals surface area (Å²) in [5.74, 6) is 1.88. The van der Waals surface area contributed by atoms with Crippen molar-refractivity contribution >= 4 is 51.6 Å². The molecule has 140 valence electrons. The predicted octanol–water partition coefficient (Wildman–Crippen LogP) is 5.82. The first kappa shape index (κ1) is 19.9. The molecular weight excluding hydrogens is 401 g/mol. The van der Waals surface area contributed by atoms with Gasteiger partial charge in [-0.25, -0.2) is 0 Å². The van der Waals surface area contributed by atoms with Crippen LogP contribution in [0.1, 0.15) is 15.9 Å². The van der Waals surface area contributed by atoms with Crippen LogP contribution in [0.25, 0.3) is 10.8 Å². The molecular formula is C21H19Cl2NO2S. The van der Waals surface area contributed by atoms with Crippen molar-refractivity contribution in [3.8, 4) is 5.75 Å². The van der Waals surface area contributed by atoms with Gasteiger partial charge in [-0.15, -0.1) is 0 Å². The summed E-state index contributed by atoms with van der Waals surface area (Å²) in [7, 11) is 1.57. The van der Waals surface area contributed by atoms with Crippen molar-refractivity contribution in [1.82, 2.24) is 5.32 Å². The number of nitrogens with one attached hydrogen (secondary N) is 1. The molecule has 0 aliphatic heterocycles. The Hall–Kier alpha value is -1.88. The summed E-state index contributed by atoms with van der Waals surface area (Å²) in [6.07, 6.45) is 0. The predicted molar refractivity (Wildman–Crippen MR) is 115 cm³/mol. The summed E-state index contributed by atoms with van der Waals surface area (Å²) in [6.45, 7) is 0.543. The SMILES string of the molecule is COc1cc2ccccc2cc1C(=O)NCCSCc1c(Cl)cccc1Cl. The fourth-order valence-corrected chi connectivity index (χ4v) is 4.34. The van der Waals surface area contributed by atoms with Gasteiger partial charge in [-0.3, -0.25) is 4.79 Å². The highest BCUT2D eigenvalue weighted by atomic mass is 35.5. The van der Waals surface area contributed by atoms with Crippen molar-refractivity contribution in [2.24, 2.45) is 0 Å². The number of carbonyl (C=O) groups is 1. The molecule has 1 amide bonds. The molecule has 0 spiro atoms. The number of amides is 1. The van der Waals surface area contributed by atoms with Crippen LogP contribution in [0.4, 0.5) is 0 Å². The third-order valence-corrected chi connectivity index (χ3v) is 5.85. The number of hydrogen-bond acceptors (Lipinski definition) is 3. The van der Waals surface area contributed by atoms with Crippen LogP contribution < -0.4 is 10.1 Å². The normalized spacial score (nSPS) is 10.8. The van der Waals surface area contributed by atoms with Gasteiger partial charge in [-0.1, -0.05) is 53.5 Å². The highest BCUT2D eigenvalue weighted by molar-refractivity contribution is 7.98. The minimum Gasteiger partial charge on any atom is -0.496 e. The van der Waals surface area contributed by atoms with E-state index in [4.69, 9.17) is 27.9 Å². The summed E-state index contributed by atoms with van der Waals surface area (Å²) in [4.78, 5) is 12.6. The van der Waals surface area contributed by atoms with E-state index in [-0.39, 0.29) is 5.91 Å². The molecule has 0 radical (unpaired) electrons. The Balaban J connectivity index is 1.57. The van der Waals surface area contributed by atoms with Crippen LogP contribution in [0.15, 0.2) is 54.6 Å². The molecule has 3 nitrogen and oxygen atoms in total. The molecule has 0 heterocycles. The van der Waals surface area contributed by atoms with E-state index in [2.05, 4.69) is 5.32 Å². The molecule has 6 heteroatoms. The lowest BCUT2D eigenvalue weighted by Gasteiger charge is -2.11. The van der Waals surface area contributed by atoms with Crippen LogP contribution >= 0.6 is 35.0 Å². The molecule has 3 aromatic carbocycles. The van der Waals surface area contributed by atoms with Crippen LogP contribution in [0, 0.1) is 0 Å². The van der Waals surface area contributed by atoms with Gasteiger partial charge in [-0.05, 0) is 40.6 Å². The lowest BCUT2D eigenvalue weighted by Crippen LogP contribution is -2.26. The topological polar surface area (TPSA) is 38.3 Å². The standard InChI is InChI=1S/C21H19Cl2NO2S/c1-26-20-12-15-6-3-2-5-14(15)11-16(20)21(25)24-9-10-27-13-17-18(22)7-4-8-19(17)23/h2-8,11-12H,9-10,13H2,1H3,(H,24,25). The summed E-state index contributed by atoms with van der Waals surface area (Å²) in [5.41, 5.74) is 1.46. The second-order valence-corrected chi connectivity index (χ2v) is 7.83. The zero-order chi connectivity index (χ0) is 19.2. The molecule has 0 atom stereocenters. The number of carbonyl (C=O) groups excluding carboxylic acids is 1. The number of fused-ring (bicyclic) bond motifs is 1. The largest absolute Gasteiger partial charge is 0.496 e. The fourth-order valence-electron chi connectivity index (χ4n) is 2.74. The third-order valence-electron chi connectivity index (χ3n) is 4.15. The monoisotopic (exact) mass is 419 g/mol. The molecule has 0 saturated heterocycles. The Morgan fingerprint density at radius 2 is 1.70 bits per heavy atom. The number of benzene rings is 3. The van der Waals surface area contributed by atoms with Gasteiger partial charge in [0.05, 0.1) is 12.7 Å². The van der Waals surface area contributed by atoms with Gasteiger partial charge >= 0.3 is 0 Å². The first-order valence-electron chi connectivity index (χ1n) is 8.45. The Bertz CT molecular complexity index is 942. The number of thioether (sulfide) groups is 1. The van der Waals surface area contributed by atoms with Crippen LogP contribution in [-0.2, 0) is 5.75 Å². The first-order valence-corrected chi connectivity index (χ1v) is 10.4. The van der Waals surface area contributed by atoms with E-state index in [1.165, 1.54) is 0 Å². The molecule has 3 rings (SSSR count). The smallest absolute Gasteiger partial charge is 0.255 e. The molecule has 0 aliphatic carbocycles. The average Bonchev–Trinajstić information content (AvgIpc) is 2.68. The molecule has 0 fully saturated rings. The number of methoxy groups -OCH3 is 1. The Labute approximate surface area is 173 Å². The van der Waals surface area contributed by atoms with Crippen LogP contribution in [-0.4, -0.2) is 25.3 Å². The third kappa shape index (κ3) is 4.89. The average molecular weight is 420 g/mol. The number of rotatable bonds is 7. The van der Waals surface area contributed by atoms with Gasteiger partial charge < -0.3 is 10.1 Å². The van der Waals surface area contributed by atoms with E-state index in [9.17, 15) is 4.79 Å². The Morgan fingerprint density at radius 3 is 2.37 bits per heavy atom. The summed E-state index contributed by atoms with van der Waals surface area (Å²) in [6, 6.07) is 17.1. The van der Waals surface area contributed by atoms with Gasteiger partial charge in [0.15, 0.2) is 0 Å². The van der Waals surface area contributed by atoms with Crippen LogP contribution in [0.2, 0.25) is 10.0 Å². The fraction of sp³-hybridized carbons (Fsp3) is 0.190. The molecule has 1 N–H and O–H groups in total. The lowest BCUT2D eigenvalue weighted by molar-refractivity contribution is 0.0953. The van der Waals surface area contributed by atoms with Crippen molar-refractivity contribution < 1.29 is 9.53 Å².